The summed E-state index contributed by atoms with van der Waals surface area (Å²) in [6.07, 6.45) is 1.21. The standard InChI is InChI=1S/C9H15N3O2/c1-5-10-9(14)12(6-2)11-8(13)7(3)4/h6H,2-3,5H2,1,4H3,(H,10,14)(H,11,13). The molecule has 0 saturated carbocycles. The number of carbonyl (C=O) groups is 2. The first-order chi connectivity index (χ1) is 6.52. The van der Waals surface area contributed by atoms with Crippen LogP contribution in [0.25, 0.3) is 0 Å². The summed E-state index contributed by atoms with van der Waals surface area (Å²) in [5.74, 6) is -0.420. The quantitative estimate of drug-likeness (QED) is 0.518. The molecule has 0 bridgehead atoms. The predicted molar refractivity (Wildman–Crippen MR) is 54.1 cm³/mol. The molecule has 0 aromatic carbocycles. The van der Waals surface area contributed by atoms with E-state index < -0.39 is 11.9 Å². The molecular weight excluding hydrogens is 182 g/mol. The third kappa shape index (κ3) is 3.75. The molecular formula is C9H15N3O2. The molecule has 0 aromatic rings. The van der Waals surface area contributed by atoms with Gasteiger partial charge in [0.05, 0.1) is 0 Å². The highest BCUT2D eigenvalue weighted by Crippen LogP contribution is 1.90. The number of urea groups is 1. The van der Waals surface area contributed by atoms with E-state index in [4.69, 9.17) is 0 Å². The Morgan fingerprint density at radius 2 is 2.07 bits per heavy atom. The number of rotatable bonds is 3. The summed E-state index contributed by atoms with van der Waals surface area (Å²) < 4.78 is 0. The molecule has 78 valence electrons. The van der Waals surface area contributed by atoms with E-state index in [0.717, 1.165) is 5.01 Å². The lowest BCUT2D eigenvalue weighted by molar-refractivity contribution is -0.120. The van der Waals surface area contributed by atoms with Gasteiger partial charge < -0.3 is 5.32 Å². The van der Waals surface area contributed by atoms with Crippen LogP contribution in [-0.2, 0) is 4.79 Å². The van der Waals surface area contributed by atoms with Gasteiger partial charge in [-0.05, 0) is 13.8 Å². The largest absolute Gasteiger partial charge is 0.340 e. The second-order valence-corrected chi connectivity index (χ2v) is 2.61. The zero-order valence-electron chi connectivity index (χ0n) is 8.46. The first-order valence-electron chi connectivity index (χ1n) is 4.19. The molecule has 5 nitrogen and oxygen atoms in total. The van der Waals surface area contributed by atoms with Gasteiger partial charge in [-0.25, -0.2) is 9.80 Å². The Kier molecular flexibility index (Phi) is 5.06. The van der Waals surface area contributed by atoms with Gasteiger partial charge in [-0.2, -0.15) is 0 Å². The minimum absolute atomic E-state index is 0.321. The minimum atomic E-state index is -0.433. The van der Waals surface area contributed by atoms with Gasteiger partial charge in [0.1, 0.15) is 0 Å². The molecule has 3 amide bonds. The van der Waals surface area contributed by atoms with Crippen LogP contribution < -0.4 is 10.7 Å². The number of hydrazine groups is 1. The molecule has 0 aliphatic rings. The highest BCUT2D eigenvalue weighted by Gasteiger charge is 2.11. The summed E-state index contributed by atoms with van der Waals surface area (Å²) in [7, 11) is 0. The second-order valence-electron chi connectivity index (χ2n) is 2.61. The van der Waals surface area contributed by atoms with Gasteiger partial charge in [0.25, 0.3) is 5.91 Å². The number of carbonyl (C=O) groups excluding carboxylic acids is 2. The van der Waals surface area contributed by atoms with Crippen LogP contribution in [0, 0.1) is 0 Å². The normalized spacial score (nSPS) is 8.71. The maximum Gasteiger partial charge on any atom is 0.340 e. The summed E-state index contributed by atoms with van der Waals surface area (Å²) in [6.45, 7) is 10.6. The van der Waals surface area contributed by atoms with E-state index in [1.807, 2.05) is 0 Å². The Labute approximate surface area is 83.4 Å². The molecule has 0 aliphatic heterocycles. The van der Waals surface area contributed by atoms with Gasteiger partial charge >= 0.3 is 6.03 Å². The molecule has 0 saturated heterocycles. The summed E-state index contributed by atoms with van der Waals surface area (Å²) in [5, 5.41) is 3.48. The van der Waals surface area contributed by atoms with Crippen molar-refractivity contribution in [3.63, 3.8) is 0 Å². The van der Waals surface area contributed by atoms with Crippen LogP contribution >= 0.6 is 0 Å². The summed E-state index contributed by atoms with van der Waals surface area (Å²) in [6, 6.07) is -0.433. The number of nitrogens with one attached hydrogen (secondary N) is 2. The molecule has 0 fully saturated rings. The molecule has 0 spiro atoms. The maximum absolute atomic E-state index is 11.2. The predicted octanol–water partition coefficient (Wildman–Crippen LogP) is 0.769. The number of hydrogen-bond acceptors (Lipinski definition) is 2. The van der Waals surface area contributed by atoms with Crippen molar-refractivity contribution < 1.29 is 9.59 Å². The highest BCUT2D eigenvalue weighted by atomic mass is 16.2. The van der Waals surface area contributed by atoms with Crippen molar-refractivity contribution in [3.8, 4) is 0 Å². The minimum Gasteiger partial charge on any atom is -0.337 e. The highest BCUT2D eigenvalue weighted by molar-refractivity contribution is 5.93. The SMILES string of the molecule is C=CN(NC(=O)C(=C)C)C(=O)NCC. The number of nitrogens with zero attached hydrogens (tertiary/aromatic N) is 1. The van der Waals surface area contributed by atoms with Crippen LogP contribution in [0.1, 0.15) is 13.8 Å². The number of amides is 3. The van der Waals surface area contributed by atoms with Crippen molar-refractivity contribution >= 4 is 11.9 Å². The third-order valence-electron chi connectivity index (χ3n) is 1.34. The van der Waals surface area contributed by atoms with Crippen molar-refractivity contribution in [1.29, 1.82) is 0 Å². The number of hydrogen-bond donors (Lipinski definition) is 2. The van der Waals surface area contributed by atoms with E-state index in [0.29, 0.717) is 12.1 Å². The van der Waals surface area contributed by atoms with Crippen molar-refractivity contribution in [2.24, 2.45) is 0 Å². The summed E-state index contributed by atoms with van der Waals surface area (Å²) >= 11 is 0. The molecule has 0 aromatic heterocycles. The Morgan fingerprint density at radius 1 is 1.50 bits per heavy atom. The lowest BCUT2D eigenvalue weighted by Crippen LogP contribution is -2.47. The second kappa shape index (κ2) is 5.80. The fraction of sp³-hybridized carbons (Fsp3) is 0.333. The first-order valence-corrected chi connectivity index (χ1v) is 4.19. The van der Waals surface area contributed by atoms with E-state index in [1.165, 1.54) is 6.20 Å². The topological polar surface area (TPSA) is 61.4 Å². The average Bonchev–Trinajstić information content (AvgIpc) is 2.13. The van der Waals surface area contributed by atoms with E-state index >= 15 is 0 Å². The van der Waals surface area contributed by atoms with Crippen molar-refractivity contribution in [1.82, 2.24) is 15.8 Å². The molecule has 0 atom stereocenters. The van der Waals surface area contributed by atoms with Gasteiger partial charge in [0, 0.05) is 18.3 Å². The molecule has 0 unspecified atom stereocenters. The molecule has 0 rings (SSSR count). The Morgan fingerprint density at radius 3 is 2.43 bits per heavy atom. The zero-order chi connectivity index (χ0) is 11.1. The van der Waals surface area contributed by atoms with Gasteiger partial charge in [0.15, 0.2) is 0 Å². The van der Waals surface area contributed by atoms with Crippen LogP contribution in [-0.4, -0.2) is 23.5 Å². The van der Waals surface area contributed by atoms with Gasteiger partial charge in [-0.3, -0.25) is 10.2 Å². The first kappa shape index (κ1) is 12.2. The summed E-state index contributed by atoms with van der Waals surface area (Å²) in [4.78, 5) is 22.4. The van der Waals surface area contributed by atoms with E-state index in [9.17, 15) is 9.59 Å². The van der Waals surface area contributed by atoms with Gasteiger partial charge in [-0.15, -0.1) is 0 Å². The molecule has 0 aliphatic carbocycles. The average molecular weight is 197 g/mol. The fourth-order valence-electron chi connectivity index (χ4n) is 0.621. The third-order valence-corrected chi connectivity index (χ3v) is 1.34. The van der Waals surface area contributed by atoms with E-state index in [1.54, 1.807) is 13.8 Å². The molecule has 5 heteroatoms. The van der Waals surface area contributed by atoms with E-state index in [2.05, 4.69) is 23.9 Å². The van der Waals surface area contributed by atoms with Crippen LogP contribution in [0.5, 0.6) is 0 Å². The summed E-state index contributed by atoms with van der Waals surface area (Å²) in [5.41, 5.74) is 2.64. The lowest BCUT2D eigenvalue weighted by atomic mass is 10.3. The van der Waals surface area contributed by atoms with Crippen molar-refractivity contribution in [2.45, 2.75) is 13.8 Å². The van der Waals surface area contributed by atoms with Crippen LogP contribution in [0.3, 0.4) is 0 Å². The zero-order valence-corrected chi connectivity index (χ0v) is 8.46. The van der Waals surface area contributed by atoms with Crippen molar-refractivity contribution in [2.75, 3.05) is 6.54 Å². The molecule has 0 heterocycles. The van der Waals surface area contributed by atoms with E-state index in [-0.39, 0.29) is 0 Å². The maximum atomic E-state index is 11.2. The molecule has 2 N–H and O–H groups in total. The smallest absolute Gasteiger partial charge is 0.337 e. The molecule has 14 heavy (non-hydrogen) atoms. The monoisotopic (exact) mass is 197 g/mol. The van der Waals surface area contributed by atoms with Gasteiger partial charge in [0.2, 0.25) is 0 Å². The van der Waals surface area contributed by atoms with Crippen molar-refractivity contribution in [3.05, 3.63) is 24.9 Å². The van der Waals surface area contributed by atoms with Crippen LogP contribution in [0.15, 0.2) is 24.9 Å². The Bertz CT molecular complexity index is 261. The lowest BCUT2D eigenvalue weighted by Gasteiger charge is -2.18. The van der Waals surface area contributed by atoms with Crippen LogP contribution in [0.2, 0.25) is 0 Å². The molecule has 0 radical (unpaired) electrons. The van der Waals surface area contributed by atoms with Crippen LogP contribution in [0.4, 0.5) is 4.79 Å². The Balaban J connectivity index is 4.29. The van der Waals surface area contributed by atoms with Gasteiger partial charge in [-0.1, -0.05) is 13.2 Å². The fourth-order valence-corrected chi connectivity index (χ4v) is 0.621. The Hall–Kier alpha value is -1.78.